The molecule has 1 N–H and O–H groups in total. The molecule has 0 bridgehead atoms. The third-order valence-electron chi connectivity index (χ3n) is 1.93. The highest BCUT2D eigenvalue weighted by Crippen LogP contribution is 2.01. The molecule has 0 saturated carbocycles. The maximum absolute atomic E-state index is 8.77. The van der Waals surface area contributed by atoms with Crippen LogP contribution in [0.4, 0.5) is 0 Å². The van der Waals surface area contributed by atoms with E-state index in [0.717, 1.165) is 26.2 Å². The fraction of sp³-hybridized carbons (Fsp3) is 0.625. The van der Waals surface area contributed by atoms with Crippen molar-refractivity contribution in [1.29, 1.82) is 5.26 Å². The van der Waals surface area contributed by atoms with E-state index >= 15 is 0 Å². The summed E-state index contributed by atoms with van der Waals surface area (Å²) in [5, 5.41) is 11.9. The van der Waals surface area contributed by atoms with Crippen molar-refractivity contribution in [3.05, 3.63) is 11.6 Å². The van der Waals surface area contributed by atoms with Crippen LogP contribution in [0.1, 0.15) is 0 Å². The highest BCUT2D eigenvalue weighted by molar-refractivity contribution is 6.25. The van der Waals surface area contributed by atoms with Gasteiger partial charge in [-0.25, -0.2) is 0 Å². The van der Waals surface area contributed by atoms with Gasteiger partial charge in [0.2, 0.25) is 0 Å². The monoisotopic (exact) mass is 185 g/mol. The molecule has 1 atom stereocenters. The lowest BCUT2D eigenvalue weighted by Crippen LogP contribution is -2.50. The third-order valence-corrected chi connectivity index (χ3v) is 2.11. The van der Waals surface area contributed by atoms with E-state index in [9.17, 15) is 0 Å². The van der Waals surface area contributed by atoms with Gasteiger partial charge >= 0.3 is 0 Å². The maximum atomic E-state index is 8.77. The Labute approximate surface area is 77.6 Å². The van der Waals surface area contributed by atoms with Crippen molar-refractivity contribution in [3.63, 3.8) is 0 Å². The number of hydrogen-bond acceptors (Lipinski definition) is 3. The summed E-state index contributed by atoms with van der Waals surface area (Å²) < 4.78 is 0. The van der Waals surface area contributed by atoms with Gasteiger partial charge < -0.3 is 5.32 Å². The van der Waals surface area contributed by atoms with Crippen molar-refractivity contribution in [2.24, 2.45) is 0 Å². The molecule has 1 heterocycles. The van der Waals surface area contributed by atoms with Crippen LogP contribution in [0.25, 0.3) is 0 Å². The number of hydrogen-bond donors (Lipinski definition) is 1. The van der Waals surface area contributed by atoms with Crippen molar-refractivity contribution in [1.82, 2.24) is 10.2 Å². The number of nitrogens with zero attached hydrogens (tertiary/aromatic N) is 2. The van der Waals surface area contributed by atoms with Crippen LogP contribution in [0.5, 0.6) is 0 Å². The van der Waals surface area contributed by atoms with Gasteiger partial charge in [0.05, 0.1) is 6.07 Å². The molecule has 1 rings (SSSR count). The number of nitriles is 1. The lowest BCUT2D eigenvalue weighted by molar-refractivity contribution is 0.218. The predicted molar refractivity (Wildman–Crippen MR) is 48.8 cm³/mol. The smallest absolute Gasteiger partial charge is 0.111 e. The van der Waals surface area contributed by atoms with Gasteiger partial charge in [-0.05, 0) is 0 Å². The first kappa shape index (κ1) is 9.53. The maximum Gasteiger partial charge on any atom is 0.111 e. The molecule has 3 nitrogen and oxygen atoms in total. The van der Waals surface area contributed by atoms with E-state index in [1.807, 2.05) is 6.08 Å². The van der Waals surface area contributed by atoms with Gasteiger partial charge in [-0.1, -0.05) is 17.7 Å². The Kier molecular flexibility index (Phi) is 4.09. The van der Waals surface area contributed by atoms with Gasteiger partial charge in [-0.2, -0.15) is 5.26 Å². The highest BCUT2D eigenvalue weighted by atomic mass is 35.5. The van der Waals surface area contributed by atoms with Crippen molar-refractivity contribution >= 4 is 11.6 Å². The molecule has 1 aliphatic heterocycles. The quantitative estimate of drug-likeness (QED) is 0.683. The van der Waals surface area contributed by atoms with Gasteiger partial charge in [0.15, 0.2) is 0 Å². The second-order valence-electron chi connectivity index (χ2n) is 2.71. The summed E-state index contributed by atoms with van der Waals surface area (Å²) in [5.41, 5.74) is 1.50. The zero-order valence-corrected chi connectivity index (χ0v) is 7.59. The molecule has 4 heteroatoms. The van der Waals surface area contributed by atoms with E-state index in [-0.39, 0.29) is 6.04 Å². The van der Waals surface area contributed by atoms with Crippen LogP contribution >= 0.6 is 11.6 Å². The topological polar surface area (TPSA) is 39.1 Å². The Balaban J connectivity index is 2.42. The third kappa shape index (κ3) is 2.49. The number of piperazine rings is 1. The van der Waals surface area contributed by atoms with Crippen molar-refractivity contribution in [3.8, 4) is 6.07 Å². The normalized spacial score (nSPS) is 25.8. The molecule has 66 valence electrons. The molecular weight excluding hydrogens is 174 g/mol. The van der Waals surface area contributed by atoms with Gasteiger partial charge in [-0.3, -0.25) is 4.90 Å². The molecule has 0 aromatic rings. The summed E-state index contributed by atoms with van der Waals surface area (Å²) in [5.74, 6) is 0. The van der Waals surface area contributed by atoms with E-state index in [4.69, 9.17) is 16.9 Å². The average Bonchev–Trinajstić information content (AvgIpc) is 2.15. The van der Waals surface area contributed by atoms with Crippen molar-refractivity contribution in [2.75, 3.05) is 26.2 Å². The summed E-state index contributed by atoms with van der Waals surface area (Å²) in [4.78, 5) is 2.11. The fourth-order valence-corrected chi connectivity index (χ4v) is 1.35. The van der Waals surface area contributed by atoms with Gasteiger partial charge in [0.1, 0.15) is 6.04 Å². The minimum Gasteiger partial charge on any atom is -0.313 e. The molecule has 1 saturated heterocycles. The summed E-state index contributed by atoms with van der Waals surface area (Å²) in [6.07, 6.45) is 1.86. The SMILES string of the molecule is N#CC1CNCCN1CC=CCl. The zero-order chi connectivity index (χ0) is 8.81. The summed E-state index contributed by atoms with van der Waals surface area (Å²) in [6, 6.07) is 2.24. The molecular formula is C8H12ClN3. The molecule has 1 aliphatic rings. The number of halogens is 1. The Morgan fingerprint density at radius 2 is 2.58 bits per heavy atom. The first-order valence-corrected chi connectivity index (χ1v) is 4.41. The van der Waals surface area contributed by atoms with Crippen LogP contribution in [-0.4, -0.2) is 37.1 Å². The second kappa shape index (κ2) is 5.15. The molecule has 1 fully saturated rings. The Hall–Kier alpha value is -0.560. The first-order valence-electron chi connectivity index (χ1n) is 3.98. The van der Waals surface area contributed by atoms with E-state index in [0.29, 0.717) is 0 Å². The molecule has 0 aromatic heterocycles. The standard InChI is InChI=1S/C8H12ClN3/c9-2-1-4-12-5-3-11-7-8(12)6-10/h1-2,8,11H,3-5,7H2. The van der Waals surface area contributed by atoms with Crippen LogP contribution in [-0.2, 0) is 0 Å². The minimum absolute atomic E-state index is 0.00776. The summed E-state index contributed by atoms with van der Waals surface area (Å²) in [6.45, 7) is 3.39. The van der Waals surface area contributed by atoms with Crippen LogP contribution in [0.15, 0.2) is 11.6 Å². The Morgan fingerprint density at radius 3 is 3.25 bits per heavy atom. The minimum atomic E-state index is -0.00776. The molecule has 0 spiro atoms. The number of rotatable bonds is 2. The number of nitrogens with one attached hydrogen (secondary N) is 1. The molecule has 0 radical (unpaired) electrons. The van der Waals surface area contributed by atoms with E-state index < -0.39 is 0 Å². The van der Waals surface area contributed by atoms with Crippen LogP contribution in [0.2, 0.25) is 0 Å². The largest absolute Gasteiger partial charge is 0.313 e. The average molecular weight is 186 g/mol. The van der Waals surface area contributed by atoms with Gasteiger partial charge in [-0.15, -0.1) is 0 Å². The molecule has 1 unspecified atom stereocenters. The lowest BCUT2D eigenvalue weighted by Gasteiger charge is -2.30. The Bertz CT molecular complexity index is 197. The summed E-state index contributed by atoms with van der Waals surface area (Å²) in [7, 11) is 0. The fourth-order valence-electron chi connectivity index (χ4n) is 1.27. The predicted octanol–water partition coefficient (Wildman–Crippen LogP) is 0.536. The van der Waals surface area contributed by atoms with Crippen molar-refractivity contribution in [2.45, 2.75) is 6.04 Å². The molecule has 12 heavy (non-hydrogen) atoms. The second-order valence-corrected chi connectivity index (χ2v) is 2.96. The van der Waals surface area contributed by atoms with E-state index in [2.05, 4.69) is 16.3 Å². The highest BCUT2D eigenvalue weighted by Gasteiger charge is 2.19. The lowest BCUT2D eigenvalue weighted by atomic mass is 10.2. The molecule has 0 amide bonds. The van der Waals surface area contributed by atoms with E-state index in [1.54, 1.807) is 0 Å². The van der Waals surface area contributed by atoms with Crippen LogP contribution < -0.4 is 5.32 Å². The van der Waals surface area contributed by atoms with E-state index in [1.165, 1.54) is 5.54 Å². The van der Waals surface area contributed by atoms with Gasteiger partial charge in [0, 0.05) is 31.7 Å². The Morgan fingerprint density at radius 1 is 1.75 bits per heavy atom. The van der Waals surface area contributed by atoms with Gasteiger partial charge in [0.25, 0.3) is 0 Å². The summed E-state index contributed by atoms with van der Waals surface area (Å²) >= 11 is 5.41. The van der Waals surface area contributed by atoms with Crippen LogP contribution in [0, 0.1) is 11.3 Å². The zero-order valence-electron chi connectivity index (χ0n) is 6.83. The van der Waals surface area contributed by atoms with Crippen LogP contribution in [0.3, 0.4) is 0 Å². The first-order chi connectivity index (χ1) is 5.88. The molecule has 0 aromatic carbocycles. The van der Waals surface area contributed by atoms with Crippen molar-refractivity contribution < 1.29 is 0 Å². The molecule has 0 aliphatic carbocycles.